The minimum atomic E-state index is -2.48. The highest BCUT2D eigenvalue weighted by Gasteiger charge is 2.25. The number of hydrogen-bond donors (Lipinski definition) is 4. The van der Waals surface area contributed by atoms with Crippen LogP contribution in [0.3, 0.4) is 0 Å². The second-order valence-corrected chi connectivity index (χ2v) is 9.28. The second kappa shape index (κ2) is 11.7. The smallest absolute Gasteiger partial charge is 0.232 e. The Hall–Kier alpha value is -3.84. The van der Waals surface area contributed by atoms with Crippen molar-refractivity contribution in [1.29, 1.82) is 0 Å². The number of ether oxygens (including phenoxy) is 1. The number of halogens is 2. The van der Waals surface area contributed by atoms with Crippen LogP contribution in [-0.2, 0) is 11.3 Å². The van der Waals surface area contributed by atoms with E-state index in [9.17, 15) is 8.76 Å². The van der Waals surface area contributed by atoms with E-state index in [2.05, 4.69) is 30.3 Å². The molecule has 0 radical (unpaired) electrons. The Morgan fingerprint density at radius 2 is 1.87 bits per heavy atom. The fourth-order valence-electron chi connectivity index (χ4n) is 4.22. The minimum absolute atomic E-state index is 0.0277. The zero-order valence-corrected chi connectivity index (χ0v) is 20.8. The largest absolute Gasteiger partial charge is 0.435 e. The van der Waals surface area contributed by atoms with Gasteiger partial charge in [-0.05, 0) is 42.8 Å². The molecule has 1 aliphatic rings. The fourth-order valence-corrected chi connectivity index (χ4v) is 4.68. The summed E-state index contributed by atoms with van der Waals surface area (Å²) in [5.74, 6) is -2.41. The topological polar surface area (TPSA) is 121 Å². The first kappa shape index (κ1) is 25.8. The molecule has 196 valence electrons. The highest BCUT2D eigenvalue weighted by molar-refractivity contribution is 7.77. The number of rotatable bonds is 9. The molecule has 0 spiro atoms. The molecule has 4 N–H and O–H groups in total. The molecule has 5 rings (SSSR count). The highest BCUT2D eigenvalue weighted by Crippen LogP contribution is 2.35. The standard InChI is InChI=1S/C26H24F2N6O3S/c27-22-19(24(34-38(35)36)16-5-2-1-3-6-16)8-9-21(23(22)28)37-25-18(7-4-12-30-25)20-11-14-31-26(33-20)32-17-10-13-29-15-17/h1-9,11-12,14,17,24,29,34H,10,13,15H2,(H,35,36)(H,31,32,33)/t17-,24-/m0/s1. The average molecular weight is 539 g/mol. The molecule has 1 unspecified atom stereocenters. The van der Waals surface area contributed by atoms with Gasteiger partial charge in [0.25, 0.3) is 0 Å². The molecule has 9 nitrogen and oxygen atoms in total. The van der Waals surface area contributed by atoms with E-state index in [1.807, 2.05) is 0 Å². The van der Waals surface area contributed by atoms with Crippen molar-refractivity contribution in [1.82, 2.24) is 25.0 Å². The summed E-state index contributed by atoms with van der Waals surface area (Å²) >= 11 is -2.48. The van der Waals surface area contributed by atoms with E-state index in [4.69, 9.17) is 4.74 Å². The third-order valence-corrected chi connectivity index (χ3v) is 6.48. The maximum atomic E-state index is 15.3. The molecule has 3 atom stereocenters. The maximum absolute atomic E-state index is 15.3. The summed E-state index contributed by atoms with van der Waals surface area (Å²) in [4.78, 5) is 13.0. The molecular formula is C26H24F2N6O3S. The minimum Gasteiger partial charge on any atom is -0.435 e. The fraction of sp³-hybridized carbons (Fsp3) is 0.192. The maximum Gasteiger partial charge on any atom is 0.232 e. The number of benzene rings is 2. The van der Waals surface area contributed by atoms with Gasteiger partial charge < -0.3 is 15.4 Å². The number of pyridine rings is 1. The zero-order chi connectivity index (χ0) is 26.5. The first-order chi connectivity index (χ1) is 18.5. The van der Waals surface area contributed by atoms with Gasteiger partial charge in [-0.15, -0.1) is 0 Å². The van der Waals surface area contributed by atoms with Gasteiger partial charge in [-0.3, -0.25) is 4.55 Å². The van der Waals surface area contributed by atoms with Gasteiger partial charge in [0, 0.05) is 30.5 Å². The van der Waals surface area contributed by atoms with Gasteiger partial charge in [-0.25, -0.2) is 28.3 Å². The molecule has 4 aromatic rings. The van der Waals surface area contributed by atoms with Gasteiger partial charge in [0.2, 0.25) is 28.9 Å². The third-order valence-electron chi connectivity index (χ3n) is 6.04. The van der Waals surface area contributed by atoms with Crippen LogP contribution in [-0.4, -0.2) is 42.8 Å². The van der Waals surface area contributed by atoms with Crippen molar-refractivity contribution in [3.63, 3.8) is 0 Å². The van der Waals surface area contributed by atoms with E-state index in [1.165, 1.54) is 18.3 Å². The normalized spacial score (nSPS) is 16.7. The molecule has 0 aliphatic carbocycles. The number of anilines is 1. The lowest BCUT2D eigenvalue weighted by Gasteiger charge is -2.19. The van der Waals surface area contributed by atoms with E-state index in [-0.39, 0.29) is 17.5 Å². The van der Waals surface area contributed by atoms with Crippen LogP contribution in [0.25, 0.3) is 11.3 Å². The summed E-state index contributed by atoms with van der Waals surface area (Å²) in [6.45, 7) is 1.73. The van der Waals surface area contributed by atoms with Gasteiger partial charge in [-0.1, -0.05) is 36.4 Å². The van der Waals surface area contributed by atoms with E-state index in [0.717, 1.165) is 19.5 Å². The molecule has 1 fully saturated rings. The molecule has 1 aliphatic heterocycles. The summed E-state index contributed by atoms with van der Waals surface area (Å²) in [6, 6.07) is 15.2. The highest BCUT2D eigenvalue weighted by atomic mass is 32.2. The predicted octanol–water partition coefficient (Wildman–Crippen LogP) is 4.20. The molecule has 0 saturated carbocycles. The molecule has 2 aromatic heterocycles. The zero-order valence-electron chi connectivity index (χ0n) is 20.0. The Kier molecular flexibility index (Phi) is 7.94. The van der Waals surface area contributed by atoms with Crippen molar-refractivity contribution in [2.45, 2.75) is 18.5 Å². The molecule has 38 heavy (non-hydrogen) atoms. The van der Waals surface area contributed by atoms with Crippen LogP contribution in [0, 0.1) is 11.6 Å². The quantitative estimate of drug-likeness (QED) is 0.234. The monoisotopic (exact) mass is 538 g/mol. The Balaban J connectivity index is 1.44. The van der Waals surface area contributed by atoms with Crippen LogP contribution in [0.4, 0.5) is 14.7 Å². The summed E-state index contributed by atoms with van der Waals surface area (Å²) in [5, 5.41) is 6.55. The molecule has 3 heterocycles. The van der Waals surface area contributed by atoms with Gasteiger partial charge in [0.05, 0.1) is 17.3 Å². The lowest BCUT2D eigenvalue weighted by Crippen LogP contribution is -2.25. The number of hydrogen-bond acceptors (Lipinski definition) is 7. The van der Waals surface area contributed by atoms with Crippen molar-refractivity contribution in [3.8, 4) is 22.9 Å². The Bertz CT molecular complexity index is 1440. The Morgan fingerprint density at radius 3 is 2.63 bits per heavy atom. The van der Waals surface area contributed by atoms with E-state index < -0.39 is 34.7 Å². The first-order valence-electron chi connectivity index (χ1n) is 11.8. The molecule has 0 bridgehead atoms. The van der Waals surface area contributed by atoms with Gasteiger partial charge in [0.1, 0.15) is 0 Å². The van der Waals surface area contributed by atoms with Gasteiger partial charge in [-0.2, -0.15) is 4.39 Å². The van der Waals surface area contributed by atoms with Crippen molar-refractivity contribution in [2.24, 2.45) is 0 Å². The summed E-state index contributed by atoms with van der Waals surface area (Å²) in [5.41, 5.74) is 1.28. The van der Waals surface area contributed by atoms with Gasteiger partial charge >= 0.3 is 0 Å². The number of nitrogens with zero attached hydrogens (tertiary/aromatic N) is 3. The number of nitrogens with one attached hydrogen (secondary N) is 3. The summed E-state index contributed by atoms with van der Waals surface area (Å²) in [7, 11) is 0. The van der Waals surface area contributed by atoms with Crippen molar-refractivity contribution >= 4 is 17.2 Å². The van der Waals surface area contributed by atoms with Gasteiger partial charge in [0.15, 0.2) is 11.6 Å². The van der Waals surface area contributed by atoms with E-state index in [1.54, 1.807) is 54.7 Å². The summed E-state index contributed by atoms with van der Waals surface area (Å²) < 4.78 is 59.5. The Morgan fingerprint density at radius 1 is 1.03 bits per heavy atom. The second-order valence-electron chi connectivity index (χ2n) is 8.55. The van der Waals surface area contributed by atoms with Crippen molar-refractivity contribution < 1.29 is 22.3 Å². The number of aromatic nitrogens is 3. The van der Waals surface area contributed by atoms with Crippen LogP contribution in [0.1, 0.15) is 23.6 Å². The van der Waals surface area contributed by atoms with Crippen molar-refractivity contribution in [3.05, 3.63) is 95.8 Å². The van der Waals surface area contributed by atoms with Crippen LogP contribution in [0.2, 0.25) is 0 Å². The lowest BCUT2D eigenvalue weighted by atomic mass is 9.99. The molecule has 0 amide bonds. The first-order valence-corrected chi connectivity index (χ1v) is 12.9. The SMILES string of the molecule is O=S(O)N[C@@H](c1ccccc1)c1ccc(Oc2ncccc2-c2ccnc(N[C@H]3CCNC3)n2)c(F)c1F. The van der Waals surface area contributed by atoms with E-state index >= 15 is 8.78 Å². The van der Waals surface area contributed by atoms with Crippen LogP contribution in [0.15, 0.2) is 73.1 Å². The van der Waals surface area contributed by atoms with E-state index in [0.29, 0.717) is 22.8 Å². The van der Waals surface area contributed by atoms with Crippen LogP contribution >= 0.6 is 0 Å². The van der Waals surface area contributed by atoms with Crippen LogP contribution in [0.5, 0.6) is 11.6 Å². The average Bonchev–Trinajstić information content (AvgIpc) is 3.44. The molecule has 12 heteroatoms. The molecule has 2 aromatic carbocycles. The third kappa shape index (κ3) is 5.83. The van der Waals surface area contributed by atoms with Crippen molar-refractivity contribution in [2.75, 3.05) is 18.4 Å². The molecule has 1 saturated heterocycles. The predicted molar refractivity (Wildman–Crippen MR) is 139 cm³/mol. The summed E-state index contributed by atoms with van der Waals surface area (Å²) in [6.07, 6.45) is 4.02. The Labute approximate surface area is 220 Å². The van der Waals surface area contributed by atoms with Crippen LogP contribution < -0.4 is 20.1 Å². The molecular weight excluding hydrogens is 514 g/mol. The lowest BCUT2D eigenvalue weighted by molar-refractivity contribution is 0.402.